The van der Waals surface area contributed by atoms with Crippen LogP contribution in [0.15, 0.2) is 11.6 Å². The van der Waals surface area contributed by atoms with Gasteiger partial charge in [0.2, 0.25) is 0 Å². The number of aryl methyl sites for hydroxylation is 2. The molecular formula is C13H15N5S3. The third-order valence-corrected chi connectivity index (χ3v) is 5.68. The molecule has 3 N–H and O–H groups in total. The molecule has 0 bridgehead atoms. The van der Waals surface area contributed by atoms with Gasteiger partial charge in [-0.25, -0.2) is 9.97 Å². The highest BCUT2D eigenvalue weighted by Crippen LogP contribution is 2.37. The van der Waals surface area contributed by atoms with E-state index in [1.54, 1.807) is 22.7 Å². The van der Waals surface area contributed by atoms with Crippen molar-refractivity contribution in [3.8, 4) is 11.3 Å². The molecule has 0 aliphatic carbocycles. The smallest absolute Gasteiger partial charge is 0.148 e. The SMILES string of the molecule is CCc1cnc(CNc2snc(N)c2-c2csc(C)n2)s1. The van der Waals surface area contributed by atoms with Crippen LogP contribution < -0.4 is 11.1 Å². The zero-order valence-corrected chi connectivity index (χ0v) is 14.2. The largest absolute Gasteiger partial charge is 0.382 e. The fourth-order valence-electron chi connectivity index (χ4n) is 1.90. The highest BCUT2D eigenvalue weighted by Gasteiger charge is 2.16. The molecule has 0 amide bonds. The van der Waals surface area contributed by atoms with Gasteiger partial charge in [0.25, 0.3) is 0 Å². The standard InChI is InChI=1S/C13H15N5S3/c1-3-8-4-15-10(20-8)5-16-13-11(12(14)18-21-13)9-6-19-7(2)17-9/h4,6,16H,3,5H2,1-2H3,(H2,14,18). The first-order chi connectivity index (χ1) is 10.2. The lowest BCUT2D eigenvalue weighted by Gasteiger charge is -2.03. The van der Waals surface area contributed by atoms with Gasteiger partial charge in [-0.15, -0.1) is 22.7 Å². The van der Waals surface area contributed by atoms with E-state index in [-0.39, 0.29) is 0 Å². The van der Waals surface area contributed by atoms with Crippen molar-refractivity contribution < 1.29 is 0 Å². The number of nitrogen functional groups attached to an aromatic ring is 1. The van der Waals surface area contributed by atoms with Crippen molar-refractivity contribution in [1.82, 2.24) is 14.3 Å². The molecule has 0 radical (unpaired) electrons. The Balaban J connectivity index is 1.80. The predicted molar refractivity (Wildman–Crippen MR) is 91.2 cm³/mol. The summed E-state index contributed by atoms with van der Waals surface area (Å²) in [6.45, 7) is 4.80. The number of anilines is 2. The maximum atomic E-state index is 5.99. The van der Waals surface area contributed by atoms with E-state index >= 15 is 0 Å². The topological polar surface area (TPSA) is 76.7 Å². The van der Waals surface area contributed by atoms with Crippen molar-refractivity contribution in [3.63, 3.8) is 0 Å². The molecule has 3 heterocycles. The van der Waals surface area contributed by atoms with E-state index in [1.807, 2.05) is 18.5 Å². The molecule has 3 aromatic heterocycles. The van der Waals surface area contributed by atoms with Crippen LogP contribution in [-0.2, 0) is 13.0 Å². The quantitative estimate of drug-likeness (QED) is 0.741. The molecule has 0 atom stereocenters. The van der Waals surface area contributed by atoms with E-state index in [9.17, 15) is 0 Å². The molecule has 0 aliphatic heterocycles. The van der Waals surface area contributed by atoms with E-state index in [4.69, 9.17) is 5.73 Å². The van der Waals surface area contributed by atoms with Crippen molar-refractivity contribution in [2.45, 2.75) is 26.8 Å². The third-order valence-electron chi connectivity index (χ3n) is 2.94. The zero-order chi connectivity index (χ0) is 14.8. The van der Waals surface area contributed by atoms with Crippen molar-refractivity contribution in [3.05, 3.63) is 26.5 Å². The normalized spacial score (nSPS) is 11.0. The maximum absolute atomic E-state index is 5.99. The van der Waals surface area contributed by atoms with E-state index in [1.165, 1.54) is 16.4 Å². The molecule has 0 saturated carbocycles. The van der Waals surface area contributed by atoms with Crippen molar-refractivity contribution in [2.24, 2.45) is 0 Å². The summed E-state index contributed by atoms with van der Waals surface area (Å²) in [5.74, 6) is 0.529. The van der Waals surface area contributed by atoms with Gasteiger partial charge in [-0.3, -0.25) is 0 Å². The van der Waals surface area contributed by atoms with Gasteiger partial charge in [0, 0.05) is 16.5 Å². The number of aromatic nitrogens is 3. The Bertz CT molecular complexity index is 743. The van der Waals surface area contributed by atoms with Crippen LogP contribution in [0.25, 0.3) is 11.3 Å². The van der Waals surface area contributed by atoms with E-state index in [0.29, 0.717) is 12.4 Å². The first-order valence-electron chi connectivity index (χ1n) is 6.52. The van der Waals surface area contributed by atoms with Gasteiger partial charge in [0.15, 0.2) is 0 Å². The van der Waals surface area contributed by atoms with Gasteiger partial charge in [0.05, 0.1) is 22.8 Å². The Hall–Kier alpha value is -1.51. The van der Waals surface area contributed by atoms with Crippen LogP contribution in [0.4, 0.5) is 10.8 Å². The van der Waals surface area contributed by atoms with Crippen LogP contribution in [0.5, 0.6) is 0 Å². The Labute approximate surface area is 135 Å². The summed E-state index contributed by atoms with van der Waals surface area (Å²) in [5.41, 5.74) is 7.78. The van der Waals surface area contributed by atoms with Crippen LogP contribution >= 0.6 is 34.2 Å². The lowest BCUT2D eigenvalue weighted by molar-refractivity contribution is 1.10. The fraction of sp³-hybridized carbons (Fsp3) is 0.308. The molecule has 0 fully saturated rings. The summed E-state index contributed by atoms with van der Waals surface area (Å²) in [6.07, 6.45) is 2.96. The van der Waals surface area contributed by atoms with Crippen LogP contribution in [0.2, 0.25) is 0 Å². The number of nitrogens with one attached hydrogen (secondary N) is 1. The lowest BCUT2D eigenvalue weighted by Crippen LogP contribution is -1.99. The number of hydrogen-bond acceptors (Lipinski definition) is 8. The summed E-state index contributed by atoms with van der Waals surface area (Å²) < 4.78 is 4.24. The average molecular weight is 337 g/mol. The molecule has 5 nitrogen and oxygen atoms in total. The van der Waals surface area contributed by atoms with Crippen LogP contribution in [-0.4, -0.2) is 14.3 Å². The number of hydrogen-bond donors (Lipinski definition) is 2. The van der Waals surface area contributed by atoms with Crippen molar-refractivity contribution in [1.29, 1.82) is 0 Å². The second kappa shape index (κ2) is 6.08. The van der Waals surface area contributed by atoms with Gasteiger partial charge in [0.1, 0.15) is 15.8 Å². The molecule has 0 aromatic carbocycles. The molecule has 0 unspecified atom stereocenters. The third kappa shape index (κ3) is 3.07. The van der Waals surface area contributed by atoms with Gasteiger partial charge < -0.3 is 11.1 Å². The van der Waals surface area contributed by atoms with E-state index < -0.39 is 0 Å². The van der Waals surface area contributed by atoms with Gasteiger partial charge in [-0.2, -0.15) is 4.37 Å². The lowest BCUT2D eigenvalue weighted by atomic mass is 10.2. The Morgan fingerprint density at radius 3 is 2.90 bits per heavy atom. The minimum atomic E-state index is 0.529. The molecule has 0 saturated heterocycles. The monoisotopic (exact) mass is 337 g/mol. The second-order valence-electron chi connectivity index (χ2n) is 4.45. The average Bonchev–Trinajstić information content (AvgIpc) is 3.16. The number of nitrogens with two attached hydrogens (primary N) is 1. The van der Waals surface area contributed by atoms with E-state index in [2.05, 4.69) is 26.6 Å². The molecular weight excluding hydrogens is 322 g/mol. The van der Waals surface area contributed by atoms with Gasteiger partial charge >= 0.3 is 0 Å². The first kappa shape index (κ1) is 14.4. The predicted octanol–water partition coefficient (Wildman–Crippen LogP) is 3.79. The highest BCUT2D eigenvalue weighted by atomic mass is 32.1. The summed E-state index contributed by atoms with van der Waals surface area (Å²) in [7, 11) is 0. The Morgan fingerprint density at radius 1 is 1.38 bits per heavy atom. The molecule has 0 aliphatic rings. The van der Waals surface area contributed by atoms with Gasteiger partial charge in [-0.1, -0.05) is 6.92 Å². The van der Waals surface area contributed by atoms with Crippen LogP contribution in [0.1, 0.15) is 21.8 Å². The molecule has 0 spiro atoms. The first-order valence-corrected chi connectivity index (χ1v) is 8.99. The molecule has 3 aromatic rings. The van der Waals surface area contributed by atoms with E-state index in [0.717, 1.165) is 32.7 Å². The minimum Gasteiger partial charge on any atom is -0.382 e. The summed E-state index contributed by atoms with van der Waals surface area (Å²) >= 11 is 4.71. The van der Waals surface area contributed by atoms with Gasteiger partial charge in [-0.05, 0) is 24.9 Å². The summed E-state index contributed by atoms with van der Waals surface area (Å²) in [4.78, 5) is 10.2. The minimum absolute atomic E-state index is 0.529. The maximum Gasteiger partial charge on any atom is 0.148 e. The van der Waals surface area contributed by atoms with Crippen molar-refractivity contribution >= 4 is 45.0 Å². The molecule has 3 rings (SSSR count). The second-order valence-corrected chi connectivity index (χ2v) is 7.49. The van der Waals surface area contributed by atoms with Crippen LogP contribution in [0, 0.1) is 6.92 Å². The highest BCUT2D eigenvalue weighted by molar-refractivity contribution is 7.12. The van der Waals surface area contributed by atoms with Crippen LogP contribution in [0.3, 0.4) is 0 Å². The van der Waals surface area contributed by atoms with Crippen molar-refractivity contribution in [2.75, 3.05) is 11.1 Å². The summed E-state index contributed by atoms with van der Waals surface area (Å²) in [5, 5.41) is 8.44. The number of rotatable bonds is 5. The molecule has 110 valence electrons. The summed E-state index contributed by atoms with van der Waals surface area (Å²) in [6, 6.07) is 0. The molecule has 21 heavy (non-hydrogen) atoms. The Morgan fingerprint density at radius 2 is 2.24 bits per heavy atom. The fourth-order valence-corrected chi connectivity index (χ4v) is 4.02. The number of thiazole rings is 2. The number of nitrogens with zero attached hydrogens (tertiary/aromatic N) is 3. The zero-order valence-electron chi connectivity index (χ0n) is 11.7. The molecule has 8 heteroatoms. The Kier molecular flexibility index (Phi) is 4.18.